The zero-order valence-electron chi connectivity index (χ0n) is 12.5. The van der Waals surface area contributed by atoms with Crippen molar-refractivity contribution < 1.29 is 14.0 Å². The third kappa shape index (κ3) is 5.65. The van der Waals surface area contributed by atoms with Gasteiger partial charge in [-0.05, 0) is 31.2 Å². The highest BCUT2D eigenvalue weighted by Crippen LogP contribution is 2.26. The van der Waals surface area contributed by atoms with E-state index in [0.717, 1.165) is 4.90 Å². The molecule has 0 aliphatic rings. The molecule has 2 rings (SSSR count). The average molecular weight is 353 g/mol. The fraction of sp³-hybridized carbons (Fsp3) is 0.250. The lowest BCUT2D eigenvalue weighted by Crippen LogP contribution is -2.45. The molecule has 2 aromatic rings. The second-order valence-corrected chi connectivity index (χ2v) is 6.23. The molecule has 2 amide bonds. The number of halogens is 1. The Bertz CT molecular complexity index is 661. The van der Waals surface area contributed by atoms with E-state index < -0.39 is 6.04 Å². The summed E-state index contributed by atoms with van der Waals surface area (Å²) in [6.45, 7) is 1.93. The van der Waals surface area contributed by atoms with E-state index in [1.54, 1.807) is 31.4 Å². The average Bonchev–Trinajstić information content (AvgIpc) is 3.05. The maximum Gasteiger partial charge on any atom is 0.242 e. The van der Waals surface area contributed by atoms with Gasteiger partial charge in [-0.1, -0.05) is 23.7 Å². The predicted octanol–water partition coefficient (Wildman–Crippen LogP) is 2.85. The molecule has 0 aliphatic carbocycles. The summed E-state index contributed by atoms with van der Waals surface area (Å²) in [5, 5.41) is 5.96. The van der Waals surface area contributed by atoms with E-state index in [9.17, 15) is 9.59 Å². The van der Waals surface area contributed by atoms with Crippen LogP contribution in [0.1, 0.15) is 12.7 Å². The number of carbonyl (C=O) groups excluding carboxylic acids is 2. The van der Waals surface area contributed by atoms with Gasteiger partial charge in [0.05, 0.1) is 23.6 Å². The van der Waals surface area contributed by atoms with Gasteiger partial charge in [-0.3, -0.25) is 9.59 Å². The van der Waals surface area contributed by atoms with Crippen LogP contribution < -0.4 is 10.6 Å². The van der Waals surface area contributed by atoms with Crippen molar-refractivity contribution in [3.63, 3.8) is 0 Å². The van der Waals surface area contributed by atoms with Crippen molar-refractivity contribution >= 4 is 35.2 Å². The van der Waals surface area contributed by atoms with Crippen molar-refractivity contribution in [2.45, 2.75) is 24.4 Å². The summed E-state index contributed by atoms with van der Waals surface area (Å²) in [6, 6.07) is 10.2. The van der Waals surface area contributed by atoms with E-state index in [0.29, 0.717) is 17.3 Å². The highest BCUT2D eigenvalue weighted by atomic mass is 35.5. The minimum atomic E-state index is -0.621. The SMILES string of the molecule is CC(NC(=O)CSc1ccccc1Cl)C(=O)NCc1ccco1. The van der Waals surface area contributed by atoms with Crippen LogP contribution in [0.2, 0.25) is 5.02 Å². The molecule has 23 heavy (non-hydrogen) atoms. The molecule has 1 atom stereocenters. The van der Waals surface area contributed by atoms with Crippen molar-refractivity contribution in [2.24, 2.45) is 0 Å². The molecule has 1 heterocycles. The Hall–Kier alpha value is -1.92. The fourth-order valence-electron chi connectivity index (χ4n) is 1.79. The third-order valence-corrected chi connectivity index (χ3v) is 4.50. The number of amides is 2. The number of hydrogen-bond acceptors (Lipinski definition) is 4. The minimum absolute atomic E-state index is 0.194. The third-order valence-electron chi connectivity index (χ3n) is 2.98. The summed E-state index contributed by atoms with van der Waals surface area (Å²) < 4.78 is 5.13. The van der Waals surface area contributed by atoms with E-state index in [1.165, 1.54) is 11.8 Å². The number of benzene rings is 1. The number of carbonyl (C=O) groups is 2. The van der Waals surface area contributed by atoms with Crippen LogP contribution in [0.25, 0.3) is 0 Å². The predicted molar refractivity (Wildman–Crippen MR) is 90.3 cm³/mol. The van der Waals surface area contributed by atoms with Gasteiger partial charge in [-0.2, -0.15) is 0 Å². The van der Waals surface area contributed by atoms with Gasteiger partial charge in [0.25, 0.3) is 0 Å². The summed E-state index contributed by atoms with van der Waals surface area (Å²) in [5.41, 5.74) is 0. The molecule has 0 spiro atoms. The van der Waals surface area contributed by atoms with E-state index >= 15 is 0 Å². The van der Waals surface area contributed by atoms with Crippen LogP contribution in [0.15, 0.2) is 52.0 Å². The molecular weight excluding hydrogens is 336 g/mol. The lowest BCUT2D eigenvalue weighted by atomic mass is 10.3. The molecule has 0 bridgehead atoms. The smallest absolute Gasteiger partial charge is 0.242 e. The second kappa shape index (κ2) is 8.64. The molecule has 7 heteroatoms. The minimum Gasteiger partial charge on any atom is -0.467 e. The van der Waals surface area contributed by atoms with Gasteiger partial charge in [-0.15, -0.1) is 11.8 Å². The standard InChI is InChI=1S/C16H17ClN2O3S/c1-11(16(21)18-9-12-5-4-8-22-12)19-15(20)10-23-14-7-3-2-6-13(14)17/h2-8,11H,9-10H2,1H3,(H,18,21)(H,19,20). The van der Waals surface area contributed by atoms with Gasteiger partial charge in [-0.25, -0.2) is 0 Å². The van der Waals surface area contributed by atoms with Crippen LogP contribution in [0, 0.1) is 0 Å². The Morgan fingerprint density at radius 3 is 2.74 bits per heavy atom. The first-order chi connectivity index (χ1) is 11.1. The fourth-order valence-corrected chi connectivity index (χ4v) is 2.84. The lowest BCUT2D eigenvalue weighted by molar-refractivity contribution is -0.127. The van der Waals surface area contributed by atoms with E-state index in [-0.39, 0.29) is 17.6 Å². The Morgan fingerprint density at radius 1 is 1.26 bits per heavy atom. The van der Waals surface area contributed by atoms with Crippen LogP contribution in [0.5, 0.6) is 0 Å². The summed E-state index contributed by atoms with van der Waals surface area (Å²) in [6.07, 6.45) is 1.54. The number of hydrogen-bond donors (Lipinski definition) is 2. The van der Waals surface area contributed by atoms with Gasteiger partial charge < -0.3 is 15.1 Å². The molecule has 1 aromatic carbocycles. The zero-order chi connectivity index (χ0) is 16.7. The van der Waals surface area contributed by atoms with Crippen molar-refractivity contribution in [3.05, 3.63) is 53.4 Å². The van der Waals surface area contributed by atoms with Gasteiger partial charge in [0, 0.05) is 4.90 Å². The molecule has 0 fully saturated rings. The first-order valence-corrected chi connectivity index (χ1v) is 8.39. The summed E-state index contributed by atoms with van der Waals surface area (Å²) in [7, 11) is 0. The normalized spacial score (nSPS) is 11.7. The highest BCUT2D eigenvalue weighted by molar-refractivity contribution is 8.00. The molecular formula is C16H17ClN2O3S. The Labute approximate surface area is 143 Å². The topological polar surface area (TPSA) is 71.3 Å². The molecule has 0 saturated carbocycles. The van der Waals surface area contributed by atoms with Crippen LogP contribution in [-0.4, -0.2) is 23.6 Å². The first-order valence-electron chi connectivity index (χ1n) is 7.03. The van der Waals surface area contributed by atoms with Crippen molar-refractivity contribution in [1.82, 2.24) is 10.6 Å². The van der Waals surface area contributed by atoms with Gasteiger partial charge in [0.2, 0.25) is 11.8 Å². The monoisotopic (exact) mass is 352 g/mol. The van der Waals surface area contributed by atoms with Crippen LogP contribution in [-0.2, 0) is 16.1 Å². The van der Waals surface area contributed by atoms with E-state index in [1.807, 2.05) is 18.2 Å². The molecule has 0 radical (unpaired) electrons. The van der Waals surface area contributed by atoms with Crippen LogP contribution in [0.3, 0.4) is 0 Å². The number of rotatable bonds is 7. The van der Waals surface area contributed by atoms with E-state index in [2.05, 4.69) is 10.6 Å². The van der Waals surface area contributed by atoms with Crippen molar-refractivity contribution in [1.29, 1.82) is 0 Å². The highest BCUT2D eigenvalue weighted by Gasteiger charge is 2.16. The molecule has 122 valence electrons. The summed E-state index contributed by atoms with van der Waals surface area (Å²) in [4.78, 5) is 24.6. The van der Waals surface area contributed by atoms with Crippen LogP contribution in [0.4, 0.5) is 0 Å². The molecule has 1 unspecified atom stereocenters. The zero-order valence-corrected chi connectivity index (χ0v) is 14.1. The maximum atomic E-state index is 11.9. The molecule has 0 aliphatic heterocycles. The van der Waals surface area contributed by atoms with E-state index in [4.69, 9.17) is 16.0 Å². The second-order valence-electron chi connectivity index (χ2n) is 4.81. The number of nitrogens with one attached hydrogen (secondary N) is 2. The quantitative estimate of drug-likeness (QED) is 0.752. The lowest BCUT2D eigenvalue weighted by Gasteiger charge is -2.13. The van der Waals surface area contributed by atoms with Crippen molar-refractivity contribution in [2.75, 3.05) is 5.75 Å². The van der Waals surface area contributed by atoms with Gasteiger partial charge in [0.1, 0.15) is 11.8 Å². The maximum absolute atomic E-state index is 11.9. The van der Waals surface area contributed by atoms with Gasteiger partial charge in [0.15, 0.2) is 0 Å². The largest absolute Gasteiger partial charge is 0.467 e. The number of furan rings is 1. The first kappa shape index (κ1) is 17.4. The number of thioether (sulfide) groups is 1. The van der Waals surface area contributed by atoms with Crippen LogP contribution >= 0.6 is 23.4 Å². The Kier molecular flexibility index (Phi) is 6.55. The molecule has 1 aromatic heterocycles. The molecule has 2 N–H and O–H groups in total. The summed E-state index contributed by atoms with van der Waals surface area (Å²) >= 11 is 7.36. The Morgan fingerprint density at radius 2 is 2.04 bits per heavy atom. The molecule has 5 nitrogen and oxygen atoms in total. The summed E-state index contributed by atoms with van der Waals surface area (Å²) in [5.74, 6) is 0.360. The van der Waals surface area contributed by atoms with Gasteiger partial charge >= 0.3 is 0 Å². The van der Waals surface area contributed by atoms with Crippen molar-refractivity contribution in [3.8, 4) is 0 Å². The molecule has 0 saturated heterocycles. The Balaban J connectivity index is 1.73.